The Balaban J connectivity index is 2.02. The summed E-state index contributed by atoms with van der Waals surface area (Å²) in [5.41, 5.74) is 6.12. The second-order valence-corrected chi connectivity index (χ2v) is 4.57. The predicted molar refractivity (Wildman–Crippen MR) is 68.0 cm³/mol. The molecule has 2 aromatic rings. The lowest BCUT2D eigenvalue weighted by molar-refractivity contribution is 0.0951. The molecule has 0 unspecified atom stereocenters. The highest BCUT2D eigenvalue weighted by Gasteiger charge is 2.07. The number of hydrogen-bond acceptors (Lipinski definition) is 4. The summed E-state index contributed by atoms with van der Waals surface area (Å²) in [5, 5.41) is 14.1. The van der Waals surface area contributed by atoms with Crippen LogP contribution in [0, 0.1) is 0 Å². The highest BCUT2D eigenvalue weighted by atomic mass is 32.1. The van der Waals surface area contributed by atoms with Gasteiger partial charge in [0.1, 0.15) is 5.75 Å². The van der Waals surface area contributed by atoms with E-state index in [4.69, 9.17) is 5.73 Å². The van der Waals surface area contributed by atoms with Gasteiger partial charge in [0.05, 0.1) is 12.2 Å². The Labute approximate surface area is 103 Å². The molecule has 0 spiro atoms. The molecule has 5 heteroatoms. The molecular weight excluding hydrogens is 236 g/mol. The van der Waals surface area contributed by atoms with Gasteiger partial charge in [0.25, 0.3) is 5.91 Å². The lowest BCUT2D eigenvalue weighted by Gasteiger charge is -2.05. The fourth-order valence-electron chi connectivity index (χ4n) is 1.37. The summed E-state index contributed by atoms with van der Waals surface area (Å²) in [7, 11) is 0. The zero-order valence-electron chi connectivity index (χ0n) is 9.01. The standard InChI is InChI=1S/C12H12N2O2S/c13-10-4-3-8(6-11(10)15)12(16)14-7-9-2-1-5-17-9/h1-6,15H,7,13H2,(H,14,16). The fourth-order valence-corrected chi connectivity index (χ4v) is 2.01. The Morgan fingerprint density at radius 3 is 2.88 bits per heavy atom. The molecule has 0 aliphatic carbocycles. The number of carbonyl (C=O) groups excluding carboxylic acids is 1. The highest BCUT2D eigenvalue weighted by Crippen LogP contribution is 2.20. The number of amides is 1. The maximum absolute atomic E-state index is 11.7. The van der Waals surface area contributed by atoms with Gasteiger partial charge in [0, 0.05) is 10.4 Å². The number of nitrogens with two attached hydrogens (primary N) is 1. The Morgan fingerprint density at radius 2 is 2.24 bits per heavy atom. The molecule has 4 N–H and O–H groups in total. The van der Waals surface area contributed by atoms with Crippen LogP contribution < -0.4 is 11.1 Å². The number of nitrogens with one attached hydrogen (secondary N) is 1. The summed E-state index contributed by atoms with van der Waals surface area (Å²) in [6.07, 6.45) is 0. The second-order valence-electron chi connectivity index (χ2n) is 3.54. The van der Waals surface area contributed by atoms with E-state index in [1.165, 1.54) is 12.1 Å². The lowest BCUT2D eigenvalue weighted by atomic mass is 10.2. The number of nitrogen functional groups attached to an aromatic ring is 1. The molecular formula is C12H12N2O2S. The van der Waals surface area contributed by atoms with Gasteiger partial charge in [-0.1, -0.05) is 6.07 Å². The molecule has 1 aromatic heterocycles. The van der Waals surface area contributed by atoms with Crippen LogP contribution in [0.25, 0.3) is 0 Å². The minimum atomic E-state index is -0.228. The van der Waals surface area contributed by atoms with E-state index in [9.17, 15) is 9.90 Å². The van der Waals surface area contributed by atoms with E-state index in [1.54, 1.807) is 17.4 Å². The molecule has 0 saturated heterocycles. The molecule has 2 rings (SSSR count). The van der Waals surface area contributed by atoms with Gasteiger partial charge in [-0.3, -0.25) is 4.79 Å². The van der Waals surface area contributed by atoms with Gasteiger partial charge >= 0.3 is 0 Å². The van der Waals surface area contributed by atoms with Crippen molar-refractivity contribution < 1.29 is 9.90 Å². The van der Waals surface area contributed by atoms with Crippen molar-refractivity contribution in [3.8, 4) is 5.75 Å². The van der Waals surface area contributed by atoms with Gasteiger partial charge in [0.15, 0.2) is 0 Å². The van der Waals surface area contributed by atoms with E-state index in [0.29, 0.717) is 12.1 Å². The maximum atomic E-state index is 11.7. The molecule has 0 saturated carbocycles. The zero-order chi connectivity index (χ0) is 12.3. The first-order valence-corrected chi connectivity index (χ1v) is 5.94. The number of phenols is 1. The van der Waals surface area contributed by atoms with Crippen LogP contribution in [-0.2, 0) is 6.54 Å². The van der Waals surface area contributed by atoms with Gasteiger partial charge in [-0.05, 0) is 29.6 Å². The number of benzene rings is 1. The van der Waals surface area contributed by atoms with Crippen molar-refractivity contribution in [3.63, 3.8) is 0 Å². The Hall–Kier alpha value is -2.01. The molecule has 0 aliphatic heterocycles. The van der Waals surface area contributed by atoms with E-state index in [0.717, 1.165) is 4.88 Å². The number of carbonyl (C=O) groups is 1. The van der Waals surface area contributed by atoms with Crippen LogP contribution in [-0.4, -0.2) is 11.0 Å². The molecule has 0 bridgehead atoms. The summed E-state index contributed by atoms with van der Waals surface area (Å²) < 4.78 is 0. The molecule has 4 nitrogen and oxygen atoms in total. The van der Waals surface area contributed by atoms with Crippen molar-refractivity contribution in [1.82, 2.24) is 5.32 Å². The third-order valence-electron chi connectivity index (χ3n) is 2.30. The number of thiophene rings is 1. The Bertz CT molecular complexity index is 523. The van der Waals surface area contributed by atoms with Crippen molar-refractivity contribution in [2.45, 2.75) is 6.54 Å². The monoisotopic (exact) mass is 248 g/mol. The van der Waals surface area contributed by atoms with E-state index >= 15 is 0 Å². The van der Waals surface area contributed by atoms with E-state index in [2.05, 4.69) is 5.32 Å². The average molecular weight is 248 g/mol. The molecule has 0 aliphatic rings. The largest absolute Gasteiger partial charge is 0.506 e. The average Bonchev–Trinajstić information content (AvgIpc) is 2.82. The van der Waals surface area contributed by atoms with Crippen molar-refractivity contribution in [2.75, 3.05) is 5.73 Å². The van der Waals surface area contributed by atoms with Gasteiger partial charge in [-0.25, -0.2) is 0 Å². The zero-order valence-corrected chi connectivity index (χ0v) is 9.83. The lowest BCUT2D eigenvalue weighted by Crippen LogP contribution is -2.22. The van der Waals surface area contributed by atoms with Crippen molar-refractivity contribution >= 4 is 22.9 Å². The summed E-state index contributed by atoms with van der Waals surface area (Å²) in [6, 6.07) is 8.33. The molecule has 88 valence electrons. The highest BCUT2D eigenvalue weighted by molar-refractivity contribution is 7.09. The van der Waals surface area contributed by atoms with Crippen LogP contribution in [0.4, 0.5) is 5.69 Å². The minimum Gasteiger partial charge on any atom is -0.506 e. The van der Waals surface area contributed by atoms with Crippen LogP contribution in [0.5, 0.6) is 5.75 Å². The van der Waals surface area contributed by atoms with Gasteiger partial charge < -0.3 is 16.2 Å². The quantitative estimate of drug-likeness (QED) is 0.574. The van der Waals surface area contributed by atoms with Gasteiger partial charge in [-0.15, -0.1) is 11.3 Å². The second kappa shape index (κ2) is 4.88. The summed E-state index contributed by atoms with van der Waals surface area (Å²) in [6.45, 7) is 0.488. The molecule has 1 aromatic carbocycles. The van der Waals surface area contributed by atoms with Crippen LogP contribution in [0.1, 0.15) is 15.2 Å². The molecule has 1 heterocycles. The van der Waals surface area contributed by atoms with Crippen molar-refractivity contribution in [3.05, 3.63) is 46.2 Å². The number of phenolic OH excluding ortho intramolecular Hbond substituents is 1. The van der Waals surface area contributed by atoms with Crippen LogP contribution in [0.2, 0.25) is 0 Å². The normalized spacial score (nSPS) is 10.1. The topological polar surface area (TPSA) is 75.4 Å². The van der Waals surface area contributed by atoms with Crippen LogP contribution in [0.15, 0.2) is 35.7 Å². The number of hydrogen-bond donors (Lipinski definition) is 3. The minimum absolute atomic E-state index is 0.0752. The first kappa shape index (κ1) is 11.5. The molecule has 0 atom stereocenters. The fraction of sp³-hybridized carbons (Fsp3) is 0.0833. The number of anilines is 1. The Morgan fingerprint density at radius 1 is 1.41 bits per heavy atom. The Kier molecular flexibility index (Phi) is 3.30. The van der Waals surface area contributed by atoms with E-state index in [-0.39, 0.29) is 17.3 Å². The van der Waals surface area contributed by atoms with Gasteiger partial charge in [-0.2, -0.15) is 0 Å². The SMILES string of the molecule is Nc1ccc(C(=O)NCc2cccs2)cc1O. The first-order chi connectivity index (χ1) is 8.16. The van der Waals surface area contributed by atoms with E-state index in [1.807, 2.05) is 17.5 Å². The summed E-state index contributed by atoms with van der Waals surface area (Å²) in [5.74, 6) is -0.303. The predicted octanol–water partition coefficient (Wildman–Crippen LogP) is 1.97. The molecule has 17 heavy (non-hydrogen) atoms. The summed E-state index contributed by atoms with van der Waals surface area (Å²) >= 11 is 1.58. The number of aromatic hydroxyl groups is 1. The van der Waals surface area contributed by atoms with E-state index < -0.39 is 0 Å². The third kappa shape index (κ3) is 2.76. The smallest absolute Gasteiger partial charge is 0.251 e. The van der Waals surface area contributed by atoms with Crippen molar-refractivity contribution in [1.29, 1.82) is 0 Å². The van der Waals surface area contributed by atoms with Gasteiger partial charge in [0.2, 0.25) is 0 Å². The van der Waals surface area contributed by atoms with Crippen LogP contribution >= 0.6 is 11.3 Å². The maximum Gasteiger partial charge on any atom is 0.251 e. The van der Waals surface area contributed by atoms with Crippen molar-refractivity contribution in [2.24, 2.45) is 0 Å². The molecule has 0 radical (unpaired) electrons. The molecule has 0 fully saturated rings. The van der Waals surface area contributed by atoms with Crippen LogP contribution in [0.3, 0.4) is 0 Å². The summed E-state index contributed by atoms with van der Waals surface area (Å²) in [4.78, 5) is 12.8. The first-order valence-electron chi connectivity index (χ1n) is 5.06. The molecule has 1 amide bonds. The third-order valence-corrected chi connectivity index (χ3v) is 3.17. The number of rotatable bonds is 3.